The van der Waals surface area contributed by atoms with Crippen LogP contribution in [0, 0.1) is 0 Å². The Morgan fingerprint density at radius 1 is 0.788 bits per heavy atom. The predicted molar refractivity (Wildman–Crippen MR) is 123 cm³/mol. The third kappa shape index (κ3) is 5.20. The second-order valence-electron chi connectivity index (χ2n) is 8.22. The number of rotatable bonds is 6. The van der Waals surface area contributed by atoms with E-state index in [1.54, 1.807) is 12.1 Å². The van der Waals surface area contributed by atoms with Crippen molar-refractivity contribution >= 4 is 21.8 Å². The van der Waals surface area contributed by atoms with E-state index in [0.717, 1.165) is 52.8 Å². The summed E-state index contributed by atoms with van der Waals surface area (Å²) >= 11 is 0. The van der Waals surface area contributed by atoms with Gasteiger partial charge in [-0.05, 0) is 73.5 Å². The van der Waals surface area contributed by atoms with Crippen LogP contribution in [0.2, 0.25) is 0 Å². The fourth-order valence-corrected chi connectivity index (χ4v) is 4.24. The average molecular weight is 452 g/mol. The number of benzene rings is 3. The van der Waals surface area contributed by atoms with Crippen molar-refractivity contribution in [2.45, 2.75) is 19.2 Å². The van der Waals surface area contributed by atoms with Gasteiger partial charge in [-0.15, -0.1) is 13.2 Å². The van der Waals surface area contributed by atoms with Crippen molar-refractivity contribution in [1.82, 2.24) is 9.88 Å². The van der Waals surface area contributed by atoms with Gasteiger partial charge >= 0.3 is 6.36 Å². The smallest absolute Gasteiger partial charge is 0.492 e. The third-order valence-electron chi connectivity index (χ3n) is 5.86. The highest BCUT2D eigenvalue weighted by Gasteiger charge is 2.31. The quantitative estimate of drug-likeness (QED) is 0.316. The lowest BCUT2D eigenvalue weighted by atomic mass is 10.0. The van der Waals surface area contributed by atoms with Crippen molar-refractivity contribution in [3.8, 4) is 22.6 Å². The number of likely N-dealkylation sites (tertiary alicyclic amines) is 1. The van der Waals surface area contributed by atoms with E-state index < -0.39 is 6.36 Å². The van der Waals surface area contributed by atoms with Gasteiger partial charge in [0.15, 0.2) is 0 Å². The van der Waals surface area contributed by atoms with Gasteiger partial charge in [0.1, 0.15) is 18.1 Å². The van der Waals surface area contributed by atoms with Crippen LogP contribution in [0.3, 0.4) is 0 Å². The number of fused-ring (bicyclic) bond motifs is 2. The van der Waals surface area contributed by atoms with Gasteiger partial charge in [0.25, 0.3) is 0 Å². The van der Waals surface area contributed by atoms with Crippen LogP contribution in [0.25, 0.3) is 32.9 Å². The maximum absolute atomic E-state index is 12.6. The maximum Gasteiger partial charge on any atom is 0.573 e. The highest BCUT2D eigenvalue weighted by atomic mass is 19.4. The van der Waals surface area contributed by atoms with Crippen LogP contribution in [0.15, 0.2) is 66.7 Å². The van der Waals surface area contributed by atoms with Gasteiger partial charge in [-0.2, -0.15) is 0 Å². The normalized spacial score (nSPS) is 14.8. The number of nitrogens with zero attached hydrogens (tertiary/aromatic N) is 2. The number of alkyl halides is 3. The van der Waals surface area contributed by atoms with Crippen LogP contribution in [0.4, 0.5) is 13.2 Å². The zero-order chi connectivity index (χ0) is 22.8. The van der Waals surface area contributed by atoms with E-state index in [4.69, 9.17) is 9.72 Å². The molecule has 1 aliphatic heterocycles. The number of halogens is 3. The number of hydrogen-bond acceptors (Lipinski definition) is 4. The van der Waals surface area contributed by atoms with E-state index in [0.29, 0.717) is 12.2 Å². The van der Waals surface area contributed by atoms with Crippen LogP contribution in [-0.4, -0.2) is 42.5 Å². The molecule has 0 N–H and O–H groups in total. The van der Waals surface area contributed by atoms with Gasteiger partial charge in [-0.25, -0.2) is 4.98 Å². The summed E-state index contributed by atoms with van der Waals surface area (Å²) in [4.78, 5) is 7.20. The Bertz CT molecular complexity index is 1280. The molecule has 2 heterocycles. The molecule has 0 saturated carbocycles. The maximum atomic E-state index is 12.6. The summed E-state index contributed by atoms with van der Waals surface area (Å²) in [6.07, 6.45) is -2.21. The van der Waals surface area contributed by atoms with Crippen molar-refractivity contribution in [1.29, 1.82) is 0 Å². The Balaban J connectivity index is 1.39. The van der Waals surface area contributed by atoms with Gasteiger partial charge in [-0.3, -0.25) is 4.90 Å². The summed E-state index contributed by atoms with van der Waals surface area (Å²) in [6, 6.07) is 19.6. The minimum atomic E-state index is -4.73. The molecule has 0 bridgehead atoms. The highest BCUT2D eigenvalue weighted by Crippen LogP contribution is 2.31. The molecule has 33 heavy (non-hydrogen) atoms. The highest BCUT2D eigenvalue weighted by molar-refractivity contribution is 5.95. The molecule has 1 aromatic heterocycles. The number of pyridine rings is 1. The molecule has 7 heteroatoms. The fraction of sp³-hybridized carbons (Fsp3) is 0.269. The first-order valence-corrected chi connectivity index (χ1v) is 11.0. The summed E-state index contributed by atoms with van der Waals surface area (Å²) in [5, 5.41) is 1.96. The molecule has 0 radical (unpaired) electrons. The lowest BCUT2D eigenvalue weighted by Gasteiger charge is -2.15. The lowest BCUT2D eigenvalue weighted by Crippen LogP contribution is -2.25. The Morgan fingerprint density at radius 2 is 1.52 bits per heavy atom. The SMILES string of the molecule is FC(F)(F)Oc1cccc(-c2ccc3cc4ccc(OCCN5CCCC5)cc4nc3c2)c1. The molecule has 0 spiro atoms. The van der Waals surface area contributed by atoms with Gasteiger partial charge in [0.05, 0.1) is 11.0 Å². The van der Waals surface area contributed by atoms with Crippen molar-refractivity contribution in [3.63, 3.8) is 0 Å². The van der Waals surface area contributed by atoms with Gasteiger partial charge < -0.3 is 9.47 Å². The fourth-order valence-electron chi connectivity index (χ4n) is 4.24. The Labute approximate surface area is 189 Å². The monoisotopic (exact) mass is 452 g/mol. The second-order valence-corrected chi connectivity index (χ2v) is 8.22. The molecule has 0 unspecified atom stereocenters. The Hall–Kier alpha value is -3.32. The molecule has 1 fully saturated rings. The van der Waals surface area contributed by atoms with Crippen LogP contribution in [-0.2, 0) is 0 Å². The summed E-state index contributed by atoms with van der Waals surface area (Å²) in [5.74, 6) is 0.531. The molecule has 5 rings (SSSR count). The second kappa shape index (κ2) is 8.90. The van der Waals surface area contributed by atoms with Crippen molar-refractivity contribution in [2.24, 2.45) is 0 Å². The zero-order valence-corrected chi connectivity index (χ0v) is 17.9. The van der Waals surface area contributed by atoms with E-state index in [-0.39, 0.29) is 5.75 Å². The van der Waals surface area contributed by atoms with Gasteiger partial charge in [0, 0.05) is 23.4 Å². The molecule has 4 nitrogen and oxygen atoms in total. The van der Waals surface area contributed by atoms with E-state index in [9.17, 15) is 13.2 Å². The topological polar surface area (TPSA) is 34.6 Å². The standard InChI is InChI=1S/C26H23F3N2O2/c27-26(28,29)33-23-5-3-4-18(15-23)19-6-7-20-14-21-8-9-22(17-25(21)30-24(20)16-19)32-13-12-31-10-1-2-11-31/h3-9,14-17H,1-2,10-13H2. The molecule has 0 atom stereocenters. The summed E-state index contributed by atoms with van der Waals surface area (Å²) in [6.45, 7) is 3.84. The summed E-state index contributed by atoms with van der Waals surface area (Å²) in [7, 11) is 0. The third-order valence-corrected chi connectivity index (χ3v) is 5.86. The Kier molecular flexibility index (Phi) is 5.81. The molecule has 1 saturated heterocycles. The van der Waals surface area contributed by atoms with Gasteiger partial charge in [-0.1, -0.05) is 24.3 Å². The number of ether oxygens (including phenoxy) is 2. The molecule has 4 aromatic rings. The molecular weight excluding hydrogens is 429 g/mol. The van der Waals surface area contributed by atoms with E-state index in [2.05, 4.69) is 15.7 Å². The first kappa shape index (κ1) is 21.5. The molecule has 0 amide bonds. The van der Waals surface area contributed by atoms with Gasteiger partial charge in [0.2, 0.25) is 0 Å². The Morgan fingerprint density at radius 3 is 2.30 bits per heavy atom. The number of aromatic nitrogens is 1. The minimum Gasteiger partial charge on any atom is -0.492 e. The van der Waals surface area contributed by atoms with E-state index >= 15 is 0 Å². The van der Waals surface area contributed by atoms with E-state index in [1.807, 2.05) is 36.4 Å². The minimum absolute atomic E-state index is 0.248. The largest absolute Gasteiger partial charge is 0.573 e. The molecule has 3 aromatic carbocycles. The molecular formula is C26H23F3N2O2. The van der Waals surface area contributed by atoms with Crippen LogP contribution < -0.4 is 9.47 Å². The zero-order valence-electron chi connectivity index (χ0n) is 17.9. The number of hydrogen-bond donors (Lipinski definition) is 0. The predicted octanol–water partition coefficient (Wildman–Crippen LogP) is 6.43. The lowest BCUT2D eigenvalue weighted by molar-refractivity contribution is -0.274. The first-order chi connectivity index (χ1) is 15.9. The molecule has 1 aliphatic rings. The molecule has 0 aliphatic carbocycles. The average Bonchev–Trinajstić information content (AvgIpc) is 3.30. The van der Waals surface area contributed by atoms with Crippen molar-refractivity contribution in [2.75, 3.05) is 26.2 Å². The molecule has 170 valence electrons. The summed E-state index contributed by atoms with van der Waals surface area (Å²) < 4.78 is 47.7. The van der Waals surface area contributed by atoms with Crippen molar-refractivity contribution < 1.29 is 22.6 Å². The van der Waals surface area contributed by atoms with E-state index in [1.165, 1.54) is 25.0 Å². The summed E-state index contributed by atoms with van der Waals surface area (Å²) in [5.41, 5.74) is 2.96. The van der Waals surface area contributed by atoms with Crippen LogP contribution in [0.1, 0.15) is 12.8 Å². The van der Waals surface area contributed by atoms with Crippen molar-refractivity contribution in [3.05, 3.63) is 66.7 Å². The van der Waals surface area contributed by atoms with Crippen LogP contribution >= 0.6 is 0 Å². The first-order valence-electron chi connectivity index (χ1n) is 11.0. The van der Waals surface area contributed by atoms with Crippen LogP contribution in [0.5, 0.6) is 11.5 Å².